The SMILES string of the molecule is Cc1cc(N)c(C)c(S(=O)(=O)N2CCSC(C)(C)CC2)c1. The number of nitrogen functional groups attached to an aromatic ring is 1. The van der Waals surface area contributed by atoms with Crippen LogP contribution in [0.2, 0.25) is 0 Å². The first-order chi connectivity index (χ1) is 9.63. The summed E-state index contributed by atoms with van der Waals surface area (Å²) in [4.78, 5) is 0.352. The van der Waals surface area contributed by atoms with Gasteiger partial charge in [0.05, 0.1) is 4.90 Å². The van der Waals surface area contributed by atoms with Gasteiger partial charge in [0.1, 0.15) is 0 Å². The standard InChI is InChI=1S/C15H24N2O2S2/c1-11-9-13(16)12(2)14(10-11)21(18,19)17-6-5-15(3,4)20-8-7-17/h9-10H,5-8,16H2,1-4H3. The second-order valence-electron chi connectivity index (χ2n) is 6.24. The van der Waals surface area contributed by atoms with Gasteiger partial charge in [-0.05, 0) is 43.5 Å². The largest absolute Gasteiger partial charge is 0.398 e. The predicted octanol–water partition coefficient (Wildman–Crippen LogP) is 2.79. The van der Waals surface area contributed by atoms with Gasteiger partial charge in [0.25, 0.3) is 0 Å². The Kier molecular flexibility index (Phi) is 4.61. The molecule has 1 aromatic carbocycles. The van der Waals surface area contributed by atoms with Crippen LogP contribution in [0.5, 0.6) is 0 Å². The third-order valence-electron chi connectivity index (χ3n) is 3.96. The summed E-state index contributed by atoms with van der Waals surface area (Å²) in [7, 11) is -3.47. The fourth-order valence-electron chi connectivity index (χ4n) is 2.50. The molecule has 0 radical (unpaired) electrons. The maximum Gasteiger partial charge on any atom is 0.243 e. The number of aryl methyl sites for hydroxylation is 1. The van der Waals surface area contributed by atoms with E-state index in [2.05, 4.69) is 13.8 Å². The summed E-state index contributed by atoms with van der Waals surface area (Å²) < 4.78 is 27.6. The first-order valence-electron chi connectivity index (χ1n) is 7.14. The first kappa shape index (κ1) is 16.6. The second-order valence-corrected chi connectivity index (χ2v) is 9.95. The van der Waals surface area contributed by atoms with Gasteiger partial charge in [0.15, 0.2) is 0 Å². The van der Waals surface area contributed by atoms with Crippen molar-refractivity contribution in [2.75, 3.05) is 24.6 Å². The first-order valence-corrected chi connectivity index (χ1v) is 9.57. The van der Waals surface area contributed by atoms with E-state index < -0.39 is 10.0 Å². The molecular weight excluding hydrogens is 304 g/mol. The number of benzene rings is 1. The monoisotopic (exact) mass is 328 g/mol. The van der Waals surface area contributed by atoms with Gasteiger partial charge in [0, 0.05) is 29.3 Å². The van der Waals surface area contributed by atoms with E-state index in [1.807, 2.05) is 24.8 Å². The molecule has 0 saturated carbocycles. The Balaban J connectivity index is 2.39. The number of rotatable bonds is 2. The van der Waals surface area contributed by atoms with E-state index >= 15 is 0 Å². The molecule has 0 unspecified atom stereocenters. The van der Waals surface area contributed by atoms with Gasteiger partial charge in [-0.1, -0.05) is 13.8 Å². The molecule has 1 saturated heterocycles. The molecule has 0 atom stereocenters. The van der Waals surface area contributed by atoms with Gasteiger partial charge < -0.3 is 5.73 Å². The molecule has 0 spiro atoms. The van der Waals surface area contributed by atoms with E-state index in [1.165, 1.54) is 0 Å². The van der Waals surface area contributed by atoms with E-state index in [0.717, 1.165) is 17.7 Å². The van der Waals surface area contributed by atoms with Crippen LogP contribution in [0.4, 0.5) is 5.69 Å². The molecule has 0 bridgehead atoms. The van der Waals surface area contributed by atoms with E-state index in [-0.39, 0.29) is 4.75 Å². The minimum Gasteiger partial charge on any atom is -0.398 e. The topological polar surface area (TPSA) is 63.4 Å². The molecule has 0 amide bonds. The molecule has 2 rings (SSSR count). The minimum absolute atomic E-state index is 0.130. The average molecular weight is 329 g/mol. The van der Waals surface area contributed by atoms with Crippen molar-refractivity contribution >= 4 is 27.5 Å². The molecule has 2 N–H and O–H groups in total. The Bertz CT molecular complexity index is 639. The number of nitrogens with two attached hydrogens (primary N) is 1. The second kappa shape index (κ2) is 5.82. The summed E-state index contributed by atoms with van der Waals surface area (Å²) in [5, 5.41) is 0. The number of sulfonamides is 1. The van der Waals surface area contributed by atoms with Crippen molar-refractivity contribution in [2.45, 2.75) is 43.8 Å². The molecule has 0 aliphatic carbocycles. The van der Waals surface area contributed by atoms with Crippen molar-refractivity contribution in [3.8, 4) is 0 Å². The number of hydrogen-bond donors (Lipinski definition) is 1. The van der Waals surface area contributed by atoms with Crippen LogP contribution in [0, 0.1) is 13.8 Å². The van der Waals surface area contributed by atoms with Crippen LogP contribution < -0.4 is 5.73 Å². The van der Waals surface area contributed by atoms with Gasteiger partial charge in [-0.15, -0.1) is 0 Å². The van der Waals surface area contributed by atoms with Crippen molar-refractivity contribution < 1.29 is 8.42 Å². The zero-order valence-corrected chi connectivity index (χ0v) is 14.8. The van der Waals surface area contributed by atoms with Gasteiger partial charge in [-0.2, -0.15) is 16.1 Å². The van der Waals surface area contributed by atoms with Crippen LogP contribution >= 0.6 is 11.8 Å². The molecule has 1 aliphatic rings. The Labute approximate surface area is 132 Å². The summed E-state index contributed by atoms with van der Waals surface area (Å²) in [6.07, 6.45) is 0.858. The van der Waals surface area contributed by atoms with Crippen LogP contribution in [-0.2, 0) is 10.0 Å². The van der Waals surface area contributed by atoms with Crippen LogP contribution in [0.3, 0.4) is 0 Å². The molecule has 1 aliphatic heterocycles. The van der Waals surface area contributed by atoms with Gasteiger partial charge in [-0.3, -0.25) is 0 Å². The highest BCUT2D eigenvalue weighted by molar-refractivity contribution is 8.00. The fraction of sp³-hybridized carbons (Fsp3) is 0.600. The van der Waals surface area contributed by atoms with Crippen molar-refractivity contribution in [3.05, 3.63) is 23.3 Å². The molecule has 1 heterocycles. The van der Waals surface area contributed by atoms with E-state index in [4.69, 9.17) is 5.73 Å². The lowest BCUT2D eigenvalue weighted by molar-refractivity contribution is 0.415. The normalized spacial score (nSPS) is 20.2. The zero-order valence-electron chi connectivity index (χ0n) is 13.1. The summed E-state index contributed by atoms with van der Waals surface area (Å²) in [6.45, 7) is 9.11. The van der Waals surface area contributed by atoms with Crippen LogP contribution in [0.1, 0.15) is 31.4 Å². The lowest BCUT2D eigenvalue weighted by Gasteiger charge is -2.23. The van der Waals surface area contributed by atoms with Crippen molar-refractivity contribution in [1.82, 2.24) is 4.31 Å². The molecule has 1 fully saturated rings. The van der Waals surface area contributed by atoms with Gasteiger partial charge in [-0.25, -0.2) is 8.42 Å². The smallest absolute Gasteiger partial charge is 0.243 e. The minimum atomic E-state index is -3.47. The molecule has 4 nitrogen and oxygen atoms in total. The van der Waals surface area contributed by atoms with Crippen molar-refractivity contribution in [1.29, 1.82) is 0 Å². The van der Waals surface area contributed by atoms with Crippen LogP contribution in [0.25, 0.3) is 0 Å². The Morgan fingerprint density at radius 2 is 1.90 bits per heavy atom. The summed E-state index contributed by atoms with van der Waals surface area (Å²) in [5.41, 5.74) is 8.00. The molecule has 1 aromatic rings. The number of hydrogen-bond acceptors (Lipinski definition) is 4. The molecule has 6 heteroatoms. The maximum atomic E-state index is 12.9. The van der Waals surface area contributed by atoms with Gasteiger partial charge >= 0.3 is 0 Å². The Morgan fingerprint density at radius 3 is 2.57 bits per heavy atom. The quantitative estimate of drug-likeness (QED) is 0.848. The number of anilines is 1. The molecular formula is C15H24N2O2S2. The van der Waals surface area contributed by atoms with Crippen LogP contribution in [-0.4, -0.2) is 36.3 Å². The molecule has 21 heavy (non-hydrogen) atoms. The fourth-order valence-corrected chi connectivity index (χ4v) is 5.50. The molecule has 0 aromatic heterocycles. The third kappa shape index (κ3) is 3.55. The lowest BCUT2D eigenvalue weighted by Crippen LogP contribution is -2.34. The Hall–Kier alpha value is -0.720. The lowest BCUT2D eigenvalue weighted by atomic mass is 10.1. The zero-order chi connectivity index (χ0) is 15.8. The van der Waals surface area contributed by atoms with E-state index in [9.17, 15) is 8.42 Å². The van der Waals surface area contributed by atoms with Crippen LogP contribution in [0.15, 0.2) is 17.0 Å². The predicted molar refractivity (Wildman–Crippen MR) is 90.2 cm³/mol. The number of thioether (sulfide) groups is 1. The van der Waals surface area contributed by atoms with Crippen molar-refractivity contribution in [3.63, 3.8) is 0 Å². The van der Waals surface area contributed by atoms with Crippen molar-refractivity contribution in [2.24, 2.45) is 0 Å². The summed E-state index contributed by atoms with van der Waals surface area (Å²) in [5.74, 6) is 0.826. The highest BCUT2D eigenvalue weighted by Crippen LogP contribution is 2.33. The highest BCUT2D eigenvalue weighted by Gasteiger charge is 2.32. The summed E-state index contributed by atoms with van der Waals surface area (Å²) >= 11 is 1.84. The number of nitrogens with zero attached hydrogens (tertiary/aromatic N) is 1. The van der Waals surface area contributed by atoms with E-state index in [1.54, 1.807) is 17.3 Å². The molecule has 118 valence electrons. The van der Waals surface area contributed by atoms with E-state index in [0.29, 0.717) is 29.2 Å². The van der Waals surface area contributed by atoms with Gasteiger partial charge in [0.2, 0.25) is 10.0 Å². The average Bonchev–Trinajstić information content (AvgIpc) is 2.55. The highest BCUT2D eigenvalue weighted by atomic mass is 32.2. The summed E-state index contributed by atoms with van der Waals surface area (Å²) in [6, 6.07) is 3.54. The maximum absolute atomic E-state index is 12.9. The Morgan fingerprint density at radius 1 is 1.24 bits per heavy atom. The third-order valence-corrected chi connectivity index (χ3v) is 7.36.